The minimum atomic E-state index is -4.39. The van der Waals surface area contributed by atoms with Crippen LogP contribution in [-0.2, 0) is 10.0 Å². The van der Waals surface area contributed by atoms with Gasteiger partial charge in [0.15, 0.2) is 6.61 Å². The van der Waals surface area contributed by atoms with Gasteiger partial charge in [0.2, 0.25) is 10.0 Å². The molecule has 0 spiro atoms. The number of sulfonamides is 1. The molecule has 6 nitrogen and oxygen atoms in total. The van der Waals surface area contributed by atoms with Crippen molar-refractivity contribution in [2.24, 2.45) is 5.14 Å². The summed E-state index contributed by atoms with van der Waals surface area (Å²) in [5, 5.41) is 5.34. The fourth-order valence-corrected chi connectivity index (χ4v) is 4.00. The molecular weight excluding hydrogens is 455 g/mol. The average Bonchev–Trinajstić information content (AvgIpc) is 3.18. The Morgan fingerprint density at radius 1 is 1.00 bits per heavy atom. The van der Waals surface area contributed by atoms with Crippen LogP contribution >= 0.6 is 0 Å². The molecule has 0 saturated heterocycles. The summed E-state index contributed by atoms with van der Waals surface area (Å²) in [5.41, 5.74) is 3.27. The molecule has 4 rings (SSSR count). The molecule has 10 heteroatoms. The Kier molecular flexibility index (Phi) is 5.96. The number of imidazole rings is 1. The number of hydrogen-bond acceptors (Lipinski definition) is 4. The van der Waals surface area contributed by atoms with Crippen LogP contribution < -0.4 is 9.88 Å². The van der Waals surface area contributed by atoms with Gasteiger partial charge in [-0.3, -0.25) is 0 Å². The van der Waals surface area contributed by atoms with E-state index in [9.17, 15) is 21.6 Å². The second-order valence-electron chi connectivity index (χ2n) is 7.20. The minimum absolute atomic E-state index is 0.0302. The van der Waals surface area contributed by atoms with Crippen molar-refractivity contribution in [2.45, 2.75) is 11.1 Å². The molecule has 3 aromatic carbocycles. The number of nitrogens with two attached hydrogens (primary N) is 1. The molecule has 0 saturated carbocycles. The van der Waals surface area contributed by atoms with E-state index in [1.165, 1.54) is 18.2 Å². The van der Waals surface area contributed by atoms with Crippen LogP contribution in [0.2, 0.25) is 0 Å². The van der Waals surface area contributed by atoms with E-state index in [1.807, 2.05) is 0 Å². The molecule has 0 radical (unpaired) electrons. The maximum Gasteiger partial charge on any atom is 0.422 e. The zero-order chi connectivity index (χ0) is 23.6. The van der Waals surface area contributed by atoms with Crippen molar-refractivity contribution in [2.75, 3.05) is 6.61 Å². The number of aromatic nitrogens is 2. The molecule has 0 amide bonds. The van der Waals surface area contributed by atoms with E-state index < -0.39 is 22.8 Å². The second kappa shape index (κ2) is 8.72. The van der Waals surface area contributed by atoms with Gasteiger partial charge in [-0.25, -0.2) is 18.5 Å². The number of rotatable bonds is 6. The SMILES string of the molecule is NS(=O)(=O)c1ccccc1-c1ccc2[nH]c(C=Cc3ccc(OCC(F)(F)F)cc3)nc2c1. The number of aromatic amines is 1. The van der Waals surface area contributed by atoms with Gasteiger partial charge in [-0.2, -0.15) is 13.2 Å². The average molecular weight is 473 g/mol. The van der Waals surface area contributed by atoms with E-state index in [4.69, 9.17) is 9.88 Å². The summed E-state index contributed by atoms with van der Waals surface area (Å²) >= 11 is 0. The number of nitrogens with zero attached hydrogens (tertiary/aromatic N) is 1. The highest BCUT2D eigenvalue weighted by atomic mass is 32.2. The third-order valence-electron chi connectivity index (χ3n) is 4.72. The number of hydrogen-bond donors (Lipinski definition) is 2. The molecule has 0 atom stereocenters. The highest BCUT2D eigenvalue weighted by molar-refractivity contribution is 7.89. The second-order valence-corrected chi connectivity index (χ2v) is 8.73. The predicted molar refractivity (Wildman–Crippen MR) is 120 cm³/mol. The maximum atomic E-state index is 12.2. The van der Waals surface area contributed by atoms with Gasteiger partial charge in [0.1, 0.15) is 11.6 Å². The zero-order valence-electron chi connectivity index (χ0n) is 17.0. The van der Waals surface area contributed by atoms with Crippen molar-refractivity contribution in [1.82, 2.24) is 9.97 Å². The van der Waals surface area contributed by atoms with Crippen LogP contribution in [0.15, 0.2) is 71.6 Å². The standard InChI is InChI=1S/C23H18F3N3O3S/c24-23(25,26)14-32-17-9-5-15(6-10-17)7-12-22-28-19-11-8-16(13-20(19)29-22)18-3-1-2-4-21(18)33(27,30)31/h1-13H,14H2,(H,28,29)(H2,27,30,31). The van der Waals surface area contributed by atoms with Gasteiger partial charge in [-0.15, -0.1) is 0 Å². The Hall–Kier alpha value is -3.63. The number of primary sulfonamides is 1. The Morgan fingerprint density at radius 2 is 1.73 bits per heavy atom. The molecule has 1 heterocycles. The number of nitrogens with one attached hydrogen (secondary N) is 1. The fourth-order valence-electron chi connectivity index (χ4n) is 3.24. The van der Waals surface area contributed by atoms with Crippen LogP contribution in [0.25, 0.3) is 34.3 Å². The number of ether oxygens (including phenoxy) is 1. The topological polar surface area (TPSA) is 98.1 Å². The summed E-state index contributed by atoms with van der Waals surface area (Å²) in [5.74, 6) is 0.680. The monoisotopic (exact) mass is 473 g/mol. The Balaban J connectivity index is 1.55. The van der Waals surface area contributed by atoms with Gasteiger partial charge in [0, 0.05) is 5.56 Å². The first kappa shape index (κ1) is 22.6. The lowest BCUT2D eigenvalue weighted by atomic mass is 10.1. The molecule has 0 aliphatic carbocycles. The van der Waals surface area contributed by atoms with E-state index in [0.717, 1.165) is 11.1 Å². The van der Waals surface area contributed by atoms with Crippen molar-refractivity contribution < 1.29 is 26.3 Å². The quantitative estimate of drug-likeness (QED) is 0.412. The summed E-state index contributed by atoms with van der Waals surface area (Å²) in [6.45, 7) is -1.34. The van der Waals surface area contributed by atoms with Crippen LogP contribution in [0, 0.1) is 0 Å². The lowest BCUT2D eigenvalue weighted by Gasteiger charge is -2.08. The van der Waals surface area contributed by atoms with Gasteiger partial charge in [-0.05, 0) is 47.5 Å². The number of fused-ring (bicyclic) bond motifs is 1. The lowest BCUT2D eigenvalue weighted by molar-refractivity contribution is -0.153. The highest BCUT2D eigenvalue weighted by Gasteiger charge is 2.28. The number of alkyl halides is 3. The Morgan fingerprint density at radius 3 is 2.42 bits per heavy atom. The normalized spacial score (nSPS) is 12.5. The molecule has 170 valence electrons. The summed E-state index contributed by atoms with van der Waals surface area (Å²) in [6.07, 6.45) is -0.910. The first-order valence-electron chi connectivity index (χ1n) is 9.68. The van der Waals surface area contributed by atoms with Crippen molar-refractivity contribution >= 4 is 33.2 Å². The molecule has 0 aliphatic rings. The van der Waals surface area contributed by atoms with E-state index >= 15 is 0 Å². The maximum absolute atomic E-state index is 12.2. The molecular formula is C23H18F3N3O3S. The van der Waals surface area contributed by atoms with E-state index in [0.29, 0.717) is 22.5 Å². The van der Waals surface area contributed by atoms with Gasteiger partial charge < -0.3 is 9.72 Å². The molecule has 4 aromatic rings. The molecule has 0 fully saturated rings. The first-order chi connectivity index (χ1) is 15.6. The van der Waals surface area contributed by atoms with Crippen molar-refractivity contribution in [3.05, 3.63) is 78.1 Å². The first-order valence-corrected chi connectivity index (χ1v) is 11.2. The molecule has 1 aromatic heterocycles. The summed E-state index contributed by atoms with van der Waals surface area (Å²) in [7, 11) is -3.89. The third kappa shape index (κ3) is 5.60. The lowest BCUT2D eigenvalue weighted by Crippen LogP contribution is -2.19. The summed E-state index contributed by atoms with van der Waals surface area (Å²) in [6, 6.07) is 18.0. The number of halogens is 3. The largest absolute Gasteiger partial charge is 0.484 e. The van der Waals surface area contributed by atoms with Gasteiger partial charge in [0.05, 0.1) is 15.9 Å². The van der Waals surface area contributed by atoms with E-state index in [2.05, 4.69) is 9.97 Å². The molecule has 0 unspecified atom stereocenters. The van der Waals surface area contributed by atoms with Gasteiger partial charge in [-0.1, -0.05) is 42.5 Å². The van der Waals surface area contributed by atoms with Gasteiger partial charge >= 0.3 is 6.18 Å². The molecule has 33 heavy (non-hydrogen) atoms. The van der Waals surface area contributed by atoms with Crippen LogP contribution in [0.5, 0.6) is 5.75 Å². The van der Waals surface area contributed by atoms with Crippen molar-refractivity contribution in [3.63, 3.8) is 0 Å². The van der Waals surface area contributed by atoms with E-state index in [-0.39, 0.29) is 10.6 Å². The fraction of sp³-hybridized carbons (Fsp3) is 0.0870. The number of benzene rings is 3. The molecule has 0 aliphatic heterocycles. The van der Waals surface area contributed by atoms with Crippen molar-refractivity contribution in [1.29, 1.82) is 0 Å². The van der Waals surface area contributed by atoms with Crippen LogP contribution in [0.3, 0.4) is 0 Å². The summed E-state index contributed by atoms with van der Waals surface area (Å²) in [4.78, 5) is 7.68. The highest BCUT2D eigenvalue weighted by Crippen LogP contribution is 2.29. The molecule has 0 bridgehead atoms. The smallest absolute Gasteiger partial charge is 0.422 e. The molecule has 3 N–H and O–H groups in total. The van der Waals surface area contributed by atoms with Gasteiger partial charge in [0.25, 0.3) is 0 Å². The van der Waals surface area contributed by atoms with Crippen LogP contribution in [-0.4, -0.2) is 31.2 Å². The van der Waals surface area contributed by atoms with E-state index in [1.54, 1.807) is 60.7 Å². The number of H-pyrrole nitrogens is 1. The van der Waals surface area contributed by atoms with Crippen LogP contribution in [0.1, 0.15) is 11.4 Å². The zero-order valence-corrected chi connectivity index (χ0v) is 17.8. The Labute approximate surface area is 187 Å². The minimum Gasteiger partial charge on any atom is -0.484 e. The van der Waals surface area contributed by atoms with Crippen LogP contribution in [0.4, 0.5) is 13.2 Å². The Bertz CT molecular complexity index is 1430. The predicted octanol–water partition coefficient (Wildman–Crippen LogP) is 4.99. The van der Waals surface area contributed by atoms with Crippen molar-refractivity contribution in [3.8, 4) is 16.9 Å². The summed E-state index contributed by atoms with van der Waals surface area (Å²) < 4.78 is 65.2. The third-order valence-corrected chi connectivity index (χ3v) is 5.69.